The van der Waals surface area contributed by atoms with E-state index in [9.17, 15) is 9.18 Å². The van der Waals surface area contributed by atoms with Crippen molar-refractivity contribution in [3.63, 3.8) is 0 Å². The Labute approximate surface area is 150 Å². The van der Waals surface area contributed by atoms with Crippen molar-refractivity contribution in [1.82, 2.24) is 10.2 Å². The summed E-state index contributed by atoms with van der Waals surface area (Å²) >= 11 is 3.23. The molecule has 1 aromatic carbocycles. The number of hydrogen-bond donors (Lipinski definition) is 1. The number of carbonyl (C=O) groups is 1. The number of nitrogens with zero attached hydrogens (tertiary/aromatic N) is 1. The minimum Gasteiger partial charge on any atom is -0.337 e. The number of thioether (sulfide) groups is 1. The Morgan fingerprint density at radius 1 is 1.33 bits per heavy atom. The van der Waals surface area contributed by atoms with Gasteiger partial charge in [-0.15, -0.1) is 17.9 Å². The van der Waals surface area contributed by atoms with Gasteiger partial charge in [0.1, 0.15) is 5.82 Å². The summed E-state index contributed by atoms with van der Waals surface area (Å²) in [6, 6.07) is 10.7. The van der Waals surface area contributed by atoms with Crippen LogP contribution in [0.15, 0.2) is 54.4 Å². The number of rotatable bonds is 9. The smallest absolute Gasteiger partial charge is 0.318 e. The van der Waals surface area contributed by atoms with Crippen molar-refractivity contribution < 1.29 is 9.18 Å². The van der Waals surface area contributed by atoms with E-state index >= 15 is 0 Å². The highest BCUT2D eigenvalue weighted by molar-refractivity contribution is 7.98. The van der Waals surface area contributed by atoms with Gasteiger partial charge in [-0.25, -0.2) is 9.18 Å². The minimum absolute atomic E-state index is 0.102. The van der Waals surface area contributed by atoms with Gasteiger partial charge in [0, 0.05) is 29.5 Å². The molecule has 1 N–H and O–H groups in total. The Morgan fingerprint density at radius 3 is 2.88 bits per heavy atom. The first-order chi connectivity index (χ1) is 11.7. The number of hydrogen-bond acceptors (Lipinski definition) is 3. The fraction of sp³-hybridized carbons (Fsp3) is 0.278. The fourth-order valence-corrected chi connectivity index (χ4v) is 3.67. The summed E-state index contributed by atoms with van der Waals surface area (Å²) in [5, 5.41) is 4.91. The molecule has 0 aliphatic heterocycles. The average Bonchev–Trinajstić information content (AvgIpc) is 3.08. The number of nitrogens with one attached hydrogen (secondary N) is 1. The van der Waals surface area contributed by atoms with Crippen LogP contribution in [-0.2, 0) is 12.3 Å². The van der Waals surface area contributed by atoms with E-state index in [0.717, 1.165) is 10.6 Å². The highest BCUT2D eigenvalue weighted by Gasteiger charge is 2.12. The molecule has 128 valence electrons. The number of halogens is 1. The van der Waals surface area contributed by atoms with E-state index in [1.165, 1.54) is 6.07 Å². The monoisotopic (exact) mass is 364 g/mol. The summed E-state index contributed by atoms with van der Waals surface area (Å²) < 4.78 is 13.5. The zero-order chi connectivity index (χ0) is 17.2. The normalized spacial score (nSPS) is 10.4. The Balaban J connectivity index is 1.70. The van der Waals surface area contributed by atoms with E-state index in [2.05, 4.69) is 11.9 Å². The first-order valence-electron chi connectivity index (χ1n) is 7.68. The summed E-state index contributed by atoms with van der Waals surface area (Å²) in [6.45, 7) is 5.34. The molecule has 0 saturated carbocycles. The van der Waals surface area contributed by atoms with Gasteiger partial charge < -0.3 is 10.2 Å². The standard InChI is InChI=1S/C18H21FN2OS2/c1-2-10-21(13-16-7-5-11-24-16)18(22)20-9-12-23-14-15-6-3-4-8-17(15)19/h2-8,11H,1,9-10,12-14H2,(H,20,22). The van der Waals surface area contributed by atoms with Crippen molar-refractivity contribution in [2.75, 3.05) is 18.8 Å². The van der Waals surface area contributed by atoms with Crippen LogP contribution in [0.1, 0.15) is 10.4 Å². The van der Waals surface area contributed by atoms with Crippen LogP contribution in [0.5, 0.6) is 0 Å². The maximum absolute atomic E-state index is 13.5. The highest BCUT2D eigenvalue weighted by Crippen LogP contribution is 2.15. The summed E-state index contributed by atoms with van der Waals surface area (Å²) in [6.07, 6.45) is 1.72. The predicted molar refractivity (Wildman–Crippen MR) is 101 cm³/mol. The van der Waals surface area contributed by atoms with Crippen molar-refractivity contribution in [2.24, 2.45) is 0 Å². The van der Waals surface area contributed by atoms with Crippen LogP contribution < -0.4 is 5.32 Å². The van der Waals surface area contributed by atoms with Gasteiger partial charge in [0.2, 0.25) is 0 Å². The van der Waals surface area contributed by atoms with Crippen LogP contribution in [0.2, 0.25) is 0 Å². The maximum Gasteiger partial charge on any atom is 0.318 e. The molecule has 1 heterocycles. The summed E-state index contributed by atoms with van der Waals surface area (Å²) in [7, 11) is 0. The van der Waals surface area contributed by atoms with Crippen molar-refractivity contribution in [1.29, 1.82) is 0 Å². The Morgan fingerprint density at radius 2 is 2.17 bits per heavy atom. The second-order valence-corrected chi connectivity index (χ2v) is 7.26. The van der Waals surface area contributed by atoms with Crippen molar-refractivity contribution in [2.45, 2.75) is 12.3 Å². The number of amides is 2. The third kappa shape index (κ3) is 6.02. The van der Waals surface area contributed by atoms with Gasteiger partial charge in [0.05, 0.1) is 6.54 Å². The molecular weight excluding hydrogens is 343 g/mol. The molecule has 6 heteroatoms. The molecule has 0 unspecified atom stereocenters. The molecule has 2 rings (SSSR count). The van der Waals surface area contributed by atoms with Crippen LogP contribution in [0, 0.1) is 5.82 Å². The van der Waals surface area contributed by atoms with Crippen LogP contribution in [0.4, 0.5) is 9.18 Å². The first kappa shape index (κ1) is 18.5. The van der Waals surface area contributed by atoms with E-state index in [1.54, 1.807) is 46.2 Å². The van der Waals surface area contributed by atoms with Crippen LogP contribution in [0.3, 0.4) is 0 Å². The number of carbonyl (C=O) groups excluding carboxylic acids is 1. The van der Waals surface area contributed by atoms with E-state index < -0.39 is 0 Å². The molecule has 0 aliphatic rings. The van der Waals surface area contributed by atoms with E-state index in [0.29, 0.717) is 31.0 Å². The lowest BCUT2D eigenvalue weighted by Crippen LogP contribution is -2.40. The molecule has 0 atom stereocenters. The molecule has 0 saturated heterocycles. The second-order valence-electron chi connectivity index (χ2n) is 5.12. The van der Waals surface area contributed by atoms with Crippen molar-refractivity contribution in [3.05, 3.63) is 70.7 Å². The molecule has 2 amide bonds. The Kier molecular flexibility index (Phi) is 7.85. The maximum atomic E-state index is 13.5. The van der Waals surface area contributed by atoms with Gasteiger partial charge in [0.25, 0.3) is 0 Å². The number of urea groups is 1. The SMILES string of the molecule is C=CCN(Cc1cccs1)C(=O)NCCSCc1ccccc1F. The largest absolute Gasteiger partial charge is 0.337 e. The topological polar surface area (TPSA) is 32.3 Å². The van der Waals surface area contributed by atoms with E-state index in [1.807, 2.05) is 23.6 Å². The third-order valence-corrected chi connectivity index (χ3v) is 5.17. The molecule has 0 fully saturated rings. The number of thiophene rings is 1. The molecule has 0 aliphatic carbocycles. The van der Waals surface area contributed by atoms with Crippen LogP contribution in [0.25, 0.3) is 0 Å². The summed E-state index contributed by atoms with van der Waals surface area (Å²) in [5.41, 5.74) is 0.694. The zero-order valence-electron chi connectivity index (χ0n) is 13.4. The van der Waals surface area contributed by atoms with Gasteiger partial charge >= 0.3 is 6.03 Å². The quantitative estimate of drug-likeness (QED) is 0.524. The Hall–Kier alpha value is -1.79. The molecule has 24 heavy (non-hydrogen) atoms. The molecule has 2 aromatic rings. The lowest BCUT2D eigenvalue weighted by atomic mass is 10.2. The predicted octanol–water partition coefficient (Wildman–Crippen LogP) is 4.52. The summed E-state index contributed by atoms with van der Waals surface area (Å²) in [4.78, 5) is 15.1. The molecule has 1 aromatic heterocycles. The minimum atomic E-state index is -0.179. The third-order valence-electron chi connectivity index (χ3n) is 3.30. The average molecular weight is 365 g/mol. The molecular formula is C18H21FN2OS2. The summed E-state index contributed by atoms with van der Waals surface area (Å²) in [5.74, 6) is 1.16. The van der Waals surface area contributed by atoms with Gasteiger partial charge in [-0.3, -0.25) is 0 Å². The first-order valence-corrected chi connectivity index (χ1v) is 9.71. The highest BCUT2D eigenvalue weighted by atomic mass is 32.2. The zero-order valence-corrected chi connectivity index (χ0v) is 15.0. The van der Waals surface area contributed by atoms with Crippen LogP contribution >= 0.6 is 23.1 Å². The molecule has 0 spiro atoms. The molecule has 0 radical (unpaired) electrons. The van der Waals surface area contributed by atoms with Gasteiger partial charge in [-0.2, -0.15) is 11.8 Å². The van der Waals surface area contributed by atoms with Crippen molar-refractivity contribution in [3.8, 4) is 0 Å². The lowest BCUT2D eigenvalue weighted by Gasteiger charge is -2.21. The fourth-order valence-electron chi connectivity index (χ4n) is 2.11. The van der Waals surface area contributed by atoms with Gasteiger partial charge in [-0.05, 0) is 23.1 Å². The van der Waals surface area contributed by atoms with E-state index in [-0.39, 0.29) is 11.8 Å². The van der Waals surface area contributed by atoms with E-state index in [4.69, 9.17) is 0 Å². The number of benzene rings is 1. The van der Waals surface area contributed by atoms with Crippen LogP contribution in [-0.4, -0.2) is 29.8 Å². The van der Waals surface area contributed by atoms with Gasteiger partial charge in [0.15, 0.2) is 0 Å². The molecule has 0 bridgehead atoms. The lowest BCUT2D eigenvalue weighted by molar-refractivity contribution is 0.202. The Bertz CT molecular complexity index is 646. The second kappa shape index (κ2) is 10.2. The van der Waals surface area contributed by atoms with Gasteiger partial charge in [-0.1, -0.05) is 30.3 Å². The van der Waals surface area contributed by atoms with Crippen molar-refractivity contribution >= 4 is 29.1 Å². The molecule has 3 nitrogen and oxygen atoms in total.